The van der Waals surface area contributed by atoms with Crippen LogP contribution in [0.5, 0.6) is 0 Å². The number of nitrogens with one attached hydrogen (secondary N) is 2. The molecule has 8 heteroatoms. The number of nitrogens with zero attached hydrogens (tertiary/aromatic N) is 4. The summed E-state index contributed by atoms with van der Waals surface area (Å²) in [5.74, 6) is 1.29. The molecular formula is C20H26N6O2. The van der Waals surface area contributed by atoms with Gasteiger partial charge in [-0.05, 0) is 44.4 Å². The number of fused-ring (bicyclic) bond motifs is 2. The molecule has 0 radical (unpaired) electrons. The van der Waals surface area contributed by atoms with Gasteiger partial charge in [-0.15, -0.1) is 0 Å². The maximum absolute atomic E-state index is 13.4. The first kappa shape index (κ1) is 17.6. The van der Waals surface area contributed by atoms with Crippen LogP contribution in [0.4, 0.5) is 17.5 Å². The molecule has 0 saturated heterocycles. The van der Waals surface area contributed by atoms with Gasteiger partial charge in [0.05, 0.1) is 22.9 Å². The van der Waals surface area contributed by atoms with Gasteiger partial charge in [-0.1, -0.05) is 13.8 Å². The summed E-state index contributed by atoms with van der Waals surface area (Å²) < 4.78 is 0. The third kappa shape index (κ3) is 2.62. The van der Waals surface area contributed by atoms with Crippen LogP contribution in [0.2, 0.25) is 0 Å². The highest BCUT2D eigenvalue weighted by atomic mass is 16.3. The Labute approximate surface area is 163 Å². The molecule has 2 atom stereocenters. The van der Waals surface area contributed by atoms with Crippen molar-refractivity contribution in [2.24, 2.45) is 5.41 Å². The van der Waals surface area contributed by atoms with E-state index in [1.54, 1.807) is 12.4 Å². The lowest BCUT2D eigenvalue weighted by molar-refractivity contribution is -0.121. The zero-order chi connectivity index (χ0) is 19.7. The summed E-state index contributed by atoms with van der Waals surface area (Å²) >= 11 is 0. The minimum absolute atomic E-state index is 0.00983. The summed E-state index contributed by atoms with van der Waals surface area (Å²) in [7, 11) is 0. The second-order valence-corrected chi connectivity index (χ2v) is 9.31. The molecular weight excluding hydrogens is 356 g/mol. The molecule has 0 unspecified atom stereocenters. The monoisotopic (exact) mass is 382 g/mol. The van der Waals surface area contributed by atoms with Crippen LogP contribution in [0.25, 0.3) is 0 Å². The fraction of sp³-hybridized carbons (Fsp3) is 0.600. The highest BCUT2D eigenvalue weighted by Gasteiger charge is 2.62. The van der Waals surface area contributed by atoms with Crippen LogP contribution in [-0.2, 0) is 10.2 Å². The summed E-state index contributed by atoms with van der Waals surface area (Å²) in [6.45, 7) is 6.21. The number of H-pyrrole nitrogens is 1. The first-order chi connectivity index (χ1) is 13.3. The summed E-state index contributed by atoms with van der Waals surface area (Å²) in [6.07, 6.45) is 7.09. The zero-order valence-corrected chi connectivity index (χ0v) is 16.5. The fourth-order valence-electron chi connectivity index (χ4n) is 4.98. The predicted molar refractivity (Wildman–Crippen MR) is 104 cm³/mol. The van der Waals surface area contributed by atoms with E-state index in [-0.39, 0.29) is 17.4 Å². The number of aryl methyl sites for hydroxylation is 1. The van der Waals surface area contributed by atoms with Crippen LogP contribution in [0, 0.1) is 12.3 Å². The fourth-order valence-corrected chi connectivity index (χ4v) is 4.98. The van der Waals surface area contributed by atoms with E-state index in [1.807, 2.05) is 11.8 Å². The van der Waals surface area contributed by atoms with Crippen molar-refractivity contribution in [3.8, 4) is 0 Å². The molecule has 1 aliphatic heterocycles. The van der Waals surface area contributed by atoms with Crippen LogP contribution in [0.1, 0.15) is 57.2 Å². The topological polar surface area (TPSA) is 107 Å². The maximum Gasteiger partial charge on any atom is 0.239 e. The molecule has 2 aliphatic carbocycles. The molecule has 28 heavy (non-hydrogen) atoms. The van der Waals surface area contributed by atoms with Crippen molar-refractivity contribution >= 4 is 23.4 Å². The zero-order valence-electron chi connectivity index (χ0n) is 16.5. The Hall–Kier alpha value is -2.48. The molecule has 1 amide bonds. The molecule has 8 nitrogen and oxygen atoms in total. The second-order valence-electron chi connectivity index (χ2n) is 9.31. The molecule has 3 N–H and O–H groups in total. The number of amides is 1. The largest absolute Gasteiger partial charge is 0.393 e. The van der Waals surface area contributed by atoms with Crippen molar-refractivity contribution in [2.45, 2.75) is 70.4 Å². The van der Waals surface area contributed by atoms with Crippen LogP contribution >= 0.6 is 0 Å². The normalized spacial score (nSPS) is 27.1. The van der Waals surface area contributed by atoms with Gasteiger partial charge in [0, 0.05) is 24.0 Å². The third-order valence-corrected chi connectivity index (χ3v) is 6.45. The number of hydrogen-bond acceptors (Lipinski definition) is 6. The van der Waals surface area contributed by atoms with E-state index in [2.05, 4.69) is 34.3 Å². The van der Waals surface area contributed by atoms with Gasteiger partial charge in [-0.3, -0.25) is 14.8 Å². The van der Waals surface area contributed by atoms with Gasteiger partial charge < -0.3 is 10.4 Å². The van der Waals surface area contributed by atoms with Gasteiger partial charge >= 0.3 is 0 Å². The minimum atomic E-state index is -0.439. The van der Waals surface area contributed by atoms with Crippen LogP contribution < -0.4 is 10.2 Å². The molecule has 2 saturated carbocycles. The van der Waals surface area contributed by atoms with E-state index < -0.39 is 11.5 Å². The quantitative estimate of drug-likeness (QED) is 0.753. The van der Waals surface area contributed by atoms with Crippen molar-refractivity contribution in [1.29, 1.82) is 0 Å². The predicted octanol–water partition coefficient (Wildman–Crippen LogP) is 2.57. The van der Waals surface area contributed by atoms with E-state index in [4.69, 9.17) is 4.98 Å². The van der Waals surface area contributed by atoms with Crippen LogP contribution in [0.15, 0.2) is 12.4 Å². The van der Waals surface area contributed by atoms with Crippen molar-refractivity contribution < 1.29 is 9.90 Å². The Bertz CT molecular complexity index is 948. The second kappa shape index (κ2) is 5.76. The number of hydrogen-bond donors (Lipinski definition) is 3. The number of aliphatic hydroxyl groups is 1. The number of carbonyl (C=O) groups is 1. The van der Waals surface area contributed by atoms with Gasteiger partial charge in [0.15, 0.2) is 0 Å². The van der Waals surface area contributed by atoms with Gasteiger partial charge in [0.25, 0.3) is 0 Å². The lowest BCUT2D eigenvalue weighted by Crippen LogP contribution is -2.48. The smallest absolute Gasteiger partial charge is 0.239 e. The van der Waals surface area contributed by atoms with Gasteiger partial charge in [-0.25, -0.2) is 4.98 Å². The van der Waals surface area contributed by atoms with Crippen molar-refractivity contribution in [3.63, 3.8) is 0 Å². The van der Waals surface area contributed by atoms with E-state index in [1.165, 1.54) is 0 Å². The van der Waals surface area contributed by atoms with E-state index in [9.17, 15) is 9.90 Å². The molecule has 148 valence electrons. The third-order valence-electron chi connectivity index (χ3n) is 6.45. The molecule has 3 aliphatic rings. The van der Waals surface area contributed by atoms with Crippen molar-refractivity contribution in [3.05, 3.63) is 23.7 Å². The molecule has 5 rings (SSSR count). The Balaban J connectivity index is 1.53. The SMILES string of the molecule is Cc1n[nH]cc1Nc1ncc2c(n1)N([C@H]1C[C@H](O)CC(C)(C)C1)C(=O)C21CC1. The summed E-state index contributed by atoms with van der Waals surface area (Å²) in [5, 5.41) is 20.5. The molecule has 2 aromatic rings. The summed E-state index contributed by atoms with van der Waals surface area (Å²) in [4.78, 5) is 24.5. The van der Waals surface area contributed by atoms with E-state index in [0.29, 0.717) is 18.2 Å². The van der Waals surface area contributed by atoms with Crippen LogP contribution in [-0.4, -0.2) is 43.3 Å². The molecule has 2 fully saturated rings. The molecule has 3 heterocycles. The van der Waals surface area contributed by atoms with Gasteiger partial charge in [0.1, 0.15) is 5.82 Å². The molecule has 1 spiro atoms. The van der Waals surface area contributed by atoms with E-state index >= 15 is 0 Å². The maximum atomic E-state index is 13.4. The molecule has 2 aromatic heterocycles. The lowest BCUT2D eigenvalue weighted by atomic mass is 9.73. The number of aromatic nitrogens is 4. The first-order valence-corrected chi connectivity index (χ1v) is 9.96. The number of aromatic amines is 1. The molecule has 0 aromatic carbocycles. The molecule has 0 bridgehead atoms. The highest BCUT2D eigenvalue weighted by Crippen LogP contribution is 2.58. The number of aliphatic hydroxyl groups excluding tert-OH is 1. The van der Waals surface area contributed by atoms with E-state index in [0.717, 1.165) is 42.6 Å². The average Bonchev–Trinajstić information content (AvgIpc) is 3.26. The average molecular weight is 382 g/mol. The number of carbonyl (C=O) groups excluding carboxylic acids is 1. The summed E-state index contributed by atoms with van der Waals surface area (Å²) in [5.41, 5.74) is 2.12. The van der Waals surface area contributed by atoms with Gasteiger partial charge in [-0.2, -0.15) is 10.1 Å². The number of anilines is 3. The Morgan fingerprint density at radius 2 is 2.11 bits per heavy atom. The van der Waals surface area contributed by atoms with Crippen molar-refractivity contribution in [1.82, 2.24) is 20.2 Å². The van der Waals surface area contributed by atoms with Gasteiger partial charge in [0.2, 0.25) is 11.9 Å². The minimum Gasteiger partial charge on any atom is -0.393 e. The Kier molecular flexibility index (Phi) is 3.62. The Morgan fingerprint density at radius 3 is 2.75 bits per heavy atom. The van der Waals surface area contributed by atoms with Crippen molar-refractivity contribution in [2.75, 3.05) is 10.2 Å². The summed E-state index contributed by atoms with van der Waals surface area (Å²) in [6, 6.07) is -0.0385. The highest BCUT2D eigenvalue weighted by molar-refractivity contribution is 6.09. The number of rotatable bonds is 3. The lowest BCUT2D eigenvalue weighted by Gasteiger charge is -2.41. The standard InChI is InChI=1S/C20H26N6O2/c1-11-15(10-22-25-11)23-18-21-9-14-16(24-18)26(17(28)20(14)4-5-20)12-6-13(27)8-19(2,3)7-12/h9-10,12-13,27H,4-8H2,1-3H3,(H,22,25)(H,21,23,24)/t12-,13-/m0/s1. The van der Waals surface area contributed by atoms with Crippen LogP contribution in [0.3, 0.4) is 0 Å². The Morgan fingerprint density at radius 1 is 1.32 bits per heavy atom. The first-order valence-electron chi connectivity index (χ1n) is 9.96.